The Kier molecular flexibility index (Phi) is 3.23. The van der Waals surface area contributed by atoms with Gasteiger partial charge in [0.1, 0.15) is 18.0 Å². The Bertz CT molecular complexity index is 1050. The fraction of sp³-hybridized carbons (Fsp3) is 0.0556. The maximum absolute atomic E-state index is 13.5. The molecule has 0 aliphatic carbocycles. The molecule has 0 radical (unpaired) electrons. The molecule has 0 saturated heterocycles. The van der Waals surface area contributed by atoms with Crippen molar-refractivity contribution in [1.29, 1.82) is 0 Å². The van der Waals surface area contributed by atoms with Gasteiger partial charge in [-0.3, -0.25) is 0 Å². The smallest absolute Gasteiger partial charge is 0.159 e. The third kappa shape index (κ3) is 2.28. The molecule has 2 aromatic heterocycles. The van der Waals surface area contributed by atoms with Crippen LogP contribution >= 0.6 is 0 Å². The van der Waals surface area contributed by atoms with Crippen LogP contribution < -0.4 is 5.73 Å². The lowest BCUT2D eigenvalue weighted by atomic mass is 9.99. The number of benzene rings is 2. The van der Waals surface area contributed by atoms with Gasteiger partial charge in [-0.15, -0.1) is 0 Å². The van der Waals surface area contributed by atoms with E-state index < -0.39 is 0 Å². The standard InChI is InChI=1S/C18H14FN5/c1-24-18(22-10-23-24)16-9-21-17(20)15-8-12(5-6-14(15)16)11-3-2-4-13(19)7-11/h2-10H,1H3,(H2,20,21). The molecule has 2 aromatic carbocycles. The summed E-state index contributed by atoms with van der Waals surface area (Å²) in [5.41, 5.74) is 8.59. The molecule has 4 aromatic rings. The molecule has 0 aliphatic rings. The summed E-state index contributed by atoms with van der Waals surface area (Å²) in [4.78, 5) is 8.56. The van der Waals surface area contributed by atoms with Crippen molar-refractivity contribution in [1.82, 2.24) is 19.7 Å². The second-order valence-corrected chi connectivity index (χ2v) is 5.54. The van der Waals surface area contributed by atoms with Crippen LogP contribution in [0.3, 0.4) is 0 Å². The van der Waals surface area contributed by atoms with Crippen molar-refractivity contribution in [2.24, 2.45) is 7.05 Å². The topological polar surface area (TPSA) is 69.6 Å². The first-order chi connectivity index (χ1) is 11.6. The minimum Gasteiger partial charge on any atom is -0.383 e. The molecule has 118 valence electrons. The second kappa shape index (κ2) is 5.42. The lowest BCUT2D eigenvalue weighted by Crippen LogP contribution is -1.98. The Morgan fingerprint density at radius 2 is 1.83 bits per heavy atom. The van der Waals surface area contributed by atoms with Crippen molar-refractivity contribution in [2.75, 3.05) is 5.73 Å². The molecule has 0 spiro atoms. The van der Waals surface area contributed by atoms with Crippen LogP contribution in [0.1, 0.15) is 0 Å². The Hall–Kier alpha value is -3.28. The van der Waals surface area contributed by atoms with Crippen LogP contribution in [-0.2, 0) is 7.05 Å². The first-order valence-corrected chi connectivity index (χ1v) is 7.42. The van der Waals surface area contributed by atoms with Gasteiger partial charge < -0.3 is 5.73 Å². The van der Waals surface area contributed by atoms with Gasteiger partial charge in [0.05, 0.1) is 0 Å². The lowest BCUT2D eigenvalue weighted by Gasteiger charge is -2.10. The van der Waals surface area contributed by atoms with Crippen LogP contribution in [0.25, 0.3) is 33.3 Å². The molecule has 0 saturated carbocycles. The van der Waals surface area contributed by atoms with Gasteiger partial charge in [-0.25, -0.2) is 19.0 Å². The number of halogens is 1. The third-order valence-corrected chi connectivity index (χ3v) is 4.03. The van der Waals surface area contributed by atoms with E-state index in [9.17, 15) is 4.39 Å². The Labute approximate surface area is 137 Å². The number of aromatic nitrogens is 4. The Morgan fingerprint density at radius 1 is 1.00 bits per heavy atom. The van der Waals surface area contributed by atoms with Gasteiger partial charge in [0.15, 0.2) is 5.82 Å². The second-order valence-electron chi connectivity index (χ2n) is 5.54. The van der Waals surface area contributed by atoms with Crippen LogP contribution in [0, 0.1) is 5.82 Å². The van der Waals surface area contributed by atoms with Crippen LogP contribution in [0.4, 0.5) is 10.2 Å². The van der Waals surface area contributed by atoms with Crippen LogP contribution in [-0.4, -0.2) is 19.7 Å². The number of nitrogens with two attached hydrogens (primary N) is 1. The number of aryl methyl sites for hydroxylation is 1. The summed E-state index contributed by atoms with van der Waals surface area (Å²) in [6, 6.07) is 12.3. The largest absolute Gasteiger partial charge is 0.383 e. The zero-order chi connectivity index (χ0) is 16.7. The van der Waals surface area contributed by atoms with E-state index in [1.165, 1.54) is 18.5 Å². The Balaban J connectivity index is 1.95. The van der Waals surface area contributed by atoms with Gasteiger partial charge in [0, 0.05) is 24.2 Å². The normalized spacial score (nSPS) is 11.1. The first-order valence-electron chi connectivity index (χ1n) is 7.42. The highest BCUT2D eigenvalue weighted by atomic mass is 19.1. The zero-order valence-electron chi connectivity index (χ0n) is 12.9. The number of rotatable bonds is 2. The molecule has 5 nitrogen and oxygen atoms in total. The molecule has 24 heavy (non-hydrogen) atoms. The quantitative estimate of drug-likeness (QED) is 0.614. The average molecular weight is 319 g/mol. The fourth-order valence-electron chi connectivity index (χ4n) is 2.83. The third-order valence-electron chi connectivity index (χ3n) is 4.03. The van der Waals surface area contributed by atoms with E-state index >= 15 is 0 Å². The van der Waals surface area contributed by atoms with Crippen molar-refractivity contribution < 1.29 is 4.39 Å². The monoisotopic (exact) mass is 319 g/mol. The van der Waals surface area contributed by atoms with Crippen molar-refractivity contribution in [3.8, 4) is 22.5 Å². The van der Waals surface area contributed by atoms with E-state index in [1.54, 1.807) is 16.9 Å². The van der Waals surface area contributed by atoms with Crippen molar-refractivity contribution in [3.05, 3.63) is 60.8 Å². The number of hydrogen-bond donors (Lipinski definition) is 1. The number of hydrogen-bond acceptors (Lipinski definition) is 4. The number of nitrogens with zero attached hydrogens (tertiary/aromatic N) is 4. The van der Waals surface area contributed by atoms with Gasteiger partial charge >= 0.3 is 0 Å². The minimum atomic E-state index is -0.272. The summed E-state index contributed by atoms with van der Waals surface area (Å²) in [6.45, 7) is 0. The van der Waals surface area contributed by atoms with E-state index in [0.717, 1.165) is 27.5 Å². The summed E-state index contributed by atoms with van der Waals surface area (Å²) in [7, 11) is 1.83. The maximum Gasteiger partial charge on any atom is 0.159 e. The highest BCUT2D eigenvalue weighted by Gasteiger charge is 2.13. The first kappa shape index (κ1) is 14.3. The predicted octanol–water partition coefficient (Wildman–Crippen LogP) is 3.42. The predicted molar refractivity (Wildman–Crippen MR) is 91.5 cm³/mol. The molecule has 0 aliphatic heterocycles. The number of anilines is 1. The van der Waals surface area contributed by atoms with Crippen molar-refractivity contribution in [2.45, 2.75) is 0 Å². The molecule has 0 atom stereocenters. The summed E-state index contributed by atoms with van der Waals surface area (Å²) in [5, 5.41) is 5.83. The van der Waals surface area contributed by atoms with Gasteiger partial charge in [-0.1, -0.05) is 24.3 Å². The van der Waals surface area contributed by atoms with Crippen LogP contribution in [0.15, 0.2) is 55.0 Å². The maximum atomic E-state index is 13.5. The molecule has 2 N–H and O–H groups in total. The molecule has 0 unspecified atom stereocenters. The molecule has 0 fully saturated rings. The molecule has 0 amide bonds. The lowest BCUT2D eigenvalue weighted by molar-refractivity contribution is 0.628. The van der Waals surface area contributed by atoms with Crippen LogP contribution in [0.5, 0.6) is 0 Å². The van der Waals surface area contributed by atoms with Gasteiger partial charge in [-0.2, -0.15) is 5.10 Å². The summed E-state index contributed by atoms with van der Waals surface area (Å²) < 4.78 is 15.2. The van der Waals surface area contributed by atoms with E-state index in [1.807, 2.05) is 31.3 Å². The summed E-state index contributed by atoms with van der Waals surface area (Å²) in [6.07, 6.45) is 3.20. The Morgan fingerprint density at radius 3 is 2.58 bits per heavy atom. The van der Waals surface area contributed by atoms with E-state index in [0.29, 0.717) is 11.6 Å². The molecule has 0 bridgehead atoms. The van der Waals surface area contributed by atoms with Gasteiger partial charge in [-0.05, 0) is 34.7 Å². The fourth-order valence-corrected chi connectivity index (χ4v) is 2.83. The summed E-state index contributed by atoms with van der Waals surface area (Å²) >= 11 is 0. The highest BCUT2D eigenvalue weighted by Crippen LogP contribution is 2.32. The molecule has 6 heteroatoms. The minimum absolute atomic E-state index is 0.272. The van der Waals surface area contributed by atoms with E-state index in [-0.39, 0.29) is 5.82 Å². The summed E-state index contributed by atoms with van der Waals surface area (Å²) in [5.74, 6) is 0.867. The molecule has 4 rings (SSSR count). The van der Waals surface area contributed by atoms with Crippen molar-refractivity contribution >= 4 is 16.6 Å². The van der Waals surface area contributed by atoms with E-state index in [2.05, 4.69) is 15.1 Å². The zero-order valence-corrected chi connectivity index (χ0v) is 12.9. The molecular weight excluding hydrogens is 305 g/mol. The number of pyridine rings is 1. The van der Waals surface area contributed by atoms with Crippen molar-refractivity contribution in [3.63, 3.8) is 0 Å². The SMILES string of the molecule is Cn1ncnc1-c1cnc(N)c2cc(-c3cccc(F)c3)ccc12. The average Bonchev–Trinajstić information content (AvgIpc) is 3.01. The molecular formula is C18H14FN5. The number of nitrogen functional groups attached to an aromatic ring is 1. The highest BCUT2D eigenvalue weighted by molar-refractivity contribution is 6.02. The number of fused-ring (bicyclic) bond motifs is 1. The van der Waals surface area contributed by atoms with Gasteiger partial charge in [0.2, 0.25) is 0 Å². The van der Waals surface area contributed by atoms with Crippen LogP contribution in [0.2, 0.25) is 0 Å². The van der Waals surface area contributed by atoms with E-state index in [4.69, 9.17) is 5.73 Å². The molecule has 2 heterocycles. The van der Waals surface area contributed by atoms with Gasteiger partial charge in [0.25, 0.3) is 0 Å².